The zero-order valence-electron chi connectivity index (χ0n) is 23.6. The molecule has 7 nitrogen and oxygen atoms in total. The highest BCUT2D eigenvalue weighted by Gasteiger charge is 2.57. The minimum Gasteiger partial charge on any atom is -0.459 e. The normalized spacial score (nSPS) is 28.0. The molecule has 6 rings (SSSR count). The van der Waals surface area contributed by atoms with Crippen LogP contribution in [0.2, 0.25) is 0 Å². The Labute approximate surface area is 236 Å². The Balaban J connectivity index is 1.09. The highest BCUT2D eigenvalue weighted by atomic mass is 16.5. The number of imide groups is 1. The topological polar surface area (TPSA) is 83.2 Å². The van der Waals surface area contributed by atoms with Crippen LogP contribution in [0.4, 0.5) is 0 Å². The van der Waals surface area contributed by atoms with Gasteiger partial charge in [-0.15, -0.1) is 0 Å². The molecule has 4 atom stereocenters. The van der Waals surface area contributed by atoms with Crippen LogP contribution in [0, 0.1) is 17.8 Å². The number of hydrogen-bond donors (Lipinski definition) is 1. The molecular formula is C33H40N2O5. The second-order valence-electron chi connectivity index (χ2n) is 12.0. The molecule has 0 radical (unpaired) electrons. The van der Waals surface area contributed by atoms with Gasteiger partial charge in [-0.1, -0.05) is 41.5 Å². The smallest absolute Gasteiger partial charge is 0.234 e. The Morgan fingerprint density at radius 2 is 1.82 bits per heavy atom. The van der Waals surface area contributed by atoms with Gasteiger partial charge in [-0.2, -0.15) is 0 Å². The molecule has 1 aromatic carbocycles. The van der Waals surface area contributed by atoms with Gasteiger partial charge in [-0.05, 0) is 75.3 Å². The SMILES string of the molecule is CC1=C2[C@@H](CC/C(C)=C/c3ccc(CO)o3)OC[C@@H]2[C@@H]2C(=O)N(C3CCN(Cc4ccccc4)CC3)C(=O)[C@@H]2C1. The van der Waals surface area contributed by atoms with Crippen molar-refractivity contribution in [1.29, 1.82) is 0 Å². The van der Waals surface area contributed by atoms with E-state index in [1.165, 1.54) is 22.3 Å². The predicted octanol–water partition coefficient (Wildman–Crippen LogP) is 4.96. The summed E-state index contributed by atoms with van der Waals surface area (Å²) in [4.78, 5) is 31.6. The largest absolute Gasteiger partial charge is 0.459 e. The van der Waals surface area contributed by atoms with Crippen molar-refractivity contribution in [2.45, 2.75) is 71.2 Å². The molecule has 3 saturated heterocycles. The van der Waals surface area contributed by atoms with Gasteiger partial charge in [0.1, 0.15) is 18.1 Å². The first kappa shape index (κ1) is 27.2. The zero-order chi connectivity index (χ0) is 27.8. The highest BCUT2D eigenvalue weighted by molar-refractivity contribution is 6.06. The summed E-state index contributed by atoms with van der Waals surface area (Å²) in [6.07, 6.45) is 6.01. The molecule has 4 aliphatic rings. The number of ether oxygens (including phenoxy) is 1. The molecule has 3 fully saturated rings. The standard InChI is InChI=1S/C33H40N2O5/c1-21(16-25-9-10-26(19-36)40-25)8-11-29-30-22(2)17-27-31(28(30)20-39-29)33(38)35(32(27)37)24-12-14-34(15-13-24)18-23-6-4-3-5-7-23/h3-7,9-10,16,24,27-29,31,36H,8,11-15,17-20H2,1-2H3/b21-16+/t27-,28+,29-,31-/m1/s1. The molecule has 2 amide bonds. The monoisotopic (exact) mass is 544 g/mol. The molecule has 0 spiro atoms. The number of aliphatic hydroxyl groups excluding tert-OH is 1. The Kier molecular flexibility index (Phi) is 7.80. The van der Waals surface area contributed by atoms with E-state index in [9.17, 15) is 14.7 Å². The minimum absolute atomic E-state index is 0.000217. The van der Waals surface area contributed by atoms with Gasteiger partial charge in [0.15, 0.2) is 0 Å². The summed E-state index contributed by atoms with van der Waals surface area (Å²) in [5, 5.41) is 9.23. The molecule has 4 heterocycles. The van der Waals surface area contributed by atoms with Crippen molar-refractivity contribution < 1.29 is 23.8 Å². The van der Waals surface area contributed by atoms with E-state index in [2.05, 4.69) is 43.0 Å². The predicted molar refractivity (Wildman–Crippen MR) is 152 cm³/mol. The van der Waals surface area contributed by atoms with Gasteiger partial charge >= 0.3 is 0 Å². The van der Waals surface area contributed by atoms with Crippen LogP contribution in [-0.4, -0.2) is 58.6 Å². The lowest BCUT2D eigenvalue weighted by atomic mass is 9.70. The van der Waals surface area contributed by atoms with Gasteiger partial charge in [-0.3, -0.25) is 19.4 Å². The van der Waals surface area contributed by atoms with Gasteiger partial charge < -0.3 is 14.3 Å². The van der Waals surface area contributed by atoms with Crippen molar-refractivity contribution in [3.8, 4) is 0 Å². The summed E-state index contributed by atoms with van der Waals surface area (Å²) in [6.45, 7) is 7.32. The first-order chi connectivity index (χ1) is 19.4. The average molecular weight is 545 g/mol. The Morgan fingerprint density at radius 1 is 1.05 bits per heavy atom. The van der Waals surface area contributed by atoms with Crippen molar-refractivity contribution in [3.63, 3.8) is 0 Å². The number of benzene rings is 1. The molecule has 7 heteroatoms. The van der Waals surface area contributed by atoms with E-state index in [1.807, 2.05) is 18.2 Å². The first-order valence-electron chi connectivity index (χ1n) is 14.7. The maximum absolute atomic E-state index is 13.9. The Bertz CT molecular complexity index is 1300. The van der Waals surface area contributed by atoms with Crippen LogP contribution in [0.15, 0.2) is 63.6 Å². The quantitative estimate of drug-likeness (QED) is 0.374. The third-order valence-corrected chi connectivity index (χ3v) is 9.39. The fourth-order valence-electron chi connectivity index (χ4n) is 7.42. The highest BCUT2D eigenvalue weighted by Crippen LogP contribution is 2.50. The summed E-state index contributed by atoms with van der Waals surface area (Å²) in [6, 6.07) is 14.1. The second kappa shape index (κ2) is 11.5. The zero-order valence-corrected chi connectivity index (χ0v) is 23.6. The molecule has 0 bridgehead atoms. The molecule has 1 N–H and O–H groups in total. The number of amides is 2. The van der Waals surface area contributed by atoms with Crippen LogP contribution in [0.5, 0.6) is 0 Å². The third-order valence-electron chi connectivity index (χ3n) is 9.39. The summed E-state index contributed by atoms with van der Waals surface area (Å²) in [5.74, 6) is 0.847. The second-order valence-corrected chi connectivity index (χ2v) is 12.0. The lowest BCUT2D eigenvalue weighted by molar-refractivity contribution is -0.144. The van der Waals surface area contributed by atoms with Crippen molar-refractivity contribution in [3.05, 3.63) is 76.3 Å². The summed E-state index contributed by atoms with van der Waals surface area (Å²) >= 11 is 0. The van der Waals surface area contributed by atoms with Crippen LogP contribution >= 0.6 is 0 Å². The van der Waals surface area contributed by atoms with Crippen molar-refractivity contribution in [2.75, 3.05) is 19.7 Å². The van der Waals surface area contributed by atoms with Crippen LogP contribution in [-0.2, 0) is 27.5 Å². The van der Waals surface area contributed by atoms with Crippen molar-refractivity contribution in [2.24, 2.45) is 17.8 Å². The van der Waals surface area contributed by atoms with Gasteiger partial charge in [0.2, 0.25) is 11.8 Å². The molecular weight excluding hydrogens is 504 g/mol. The third kappa shape index (κ3) is 5.22. The van der Waals surface area contributed by atoms with E-state index < -0.39 is 0 Å². The number of likely N-dealkylation sites (tertiary alicyclic amines) is 2. The first-order valence-corrected chi connectivity index (χ1v) is 14.7. The number of nitrogens with zero attached hydrogens (tertiary/aromatic N) is 2. The Morgan fingerprint density at radius 3 is 2.55 bits per heavy atom. The molecule has 2 aromatic rings. The number of carbonyl (C=O) groups excluding carboxylic acids is 2. The van der Waals surface area contributed by atoms with Crippen LogP contribution in [0.3, 0.4) is 0 Å². The van der Waals surface area contributed by atoms with Crippen LogP contribution in [0.1, 0.15) is 63.0 Å². The minimum atomic E-state index is -0.282. The summed E-state index contributed by atoms with van der Waals surface area (Å²) in [5.41, 5.74) is 4.97. The maximum Gasteiger partial charge on any atom is 0.234 e. The fourth-order valence-corrected chi connectivity index (χ4v) is 7.42. The van der Waals surface area contributed by atoms with Crippen molar-refractivity contribution in [1.82, 2.24) is 9.80 Å². The van der Waals surface area contributed by atoms with Crippen molar-refractivity contribution >= 4 is 17.9 Å². The van der Waals surface area contributed by atoms with E-state index in [-0.39, 0.29) is 48.3 Å². The number of piperidine rings is 1. The van der Waals surface area contributed by atoms with Gasteiger partial charge in [0.25, 0.3) is 0 Å². The lowest BCUT2D eigenvalue weighted by Gasteiger charge is -2.36. The van der Waals surface area contributed by atoms with E-state index in [0.717, 1.165) is 51.1 Å². The van der Waals surface area contributed by atoms with Crippen LogP contribution in [0.25, 0.3) is 6.08 Å². The molecule has 1 aromatic heterocycles. The molecule has 212 valence electrons. The average Bonchev–Trinajstić information content (AvgIpc) is 3.66. The molecule has 1 aliphatic carbocycles. The Hall–Kier alpha value is -3.00. The summed E-state index contributed by atoms with van der Waals surface area (Å²) < 4.78 is 11.9. The number of rotatable bonds is 8. The number of allylic oxidation sites excluding steroid dienone is 2. The van der Waals surface area contributed by atoms with Gasteiger partial charge in [0, 0.05) is 31.6 Å². The number of carbonyl (C=O) groups is 2. The summed E-state index contributed by atoms with van der Waals surface area (Å²) in [7, 11) is 0. The fraction of sp³-hybridized carbons (Fsp3) is 0.515. The number of aliphatic hydroxyl groups is 1. The van der Waals surface area contributed by atoms with Crippen LogP contribution < -0.4 is 0 Å². The van der Waals surface area contributed by atoms with E-state index >= 15 is 0 Å². The lowest BCUT2D eigenvalue weighted by Crippen LogP contribution is -2.47. The maximum atomic E-state index is 13.9. The number of hydrogen-bond acceptors (Lipinski definition) is 6. The number of furan rings is 1. The molecule has 40 heavy (non-hydrogen) atoms. The molecule has 3 aliphatic heterocycles. The van der Waals surface area contributed by atoms with Gasteiger partial charge in [0.05, 0.1) is 24.5 Å². The molecule has 0 saturated carbocycles. The van der Waals surface area contributed by atoms with E-state index in [4.69, 9.17) is 9.15 Å². The van der Waals surface area contributed by atoms with E-state index in [0.29, 0.717) is 18.8 Å². The molecule has 0 unspecified atom stereocenters. The number of fused-ring (bicyclic) bond motifs is 3. The van der Waals surface area contributed by atoms with E-state index in [1.54, 1.807) is 11.0 Å². The van der Waals surface area contributed by atoms with Gasteiger partial charge in [-0.25, -0.2) is 0 Å².